The number of benzene rings is 2. The fourth-order valence-electron chi connectivity index (χ4n) is 2.54. The Morgan fingerprint density at radius 1 is 1.20 bits per heavy atom. The molecule has 0 bridgehead atoms. The third-order valence-corrected chi connectivity index (χ3v) is 3.79. The van der Waals surface area contributed by atoms with E-state index in [4.69, 9.17) is 9.47 Å². The molecule has 25 heavy (non-hydrogen) atoms. The lowest BCUT2D eigenvalue weighted by Gasteiger charge is -2.20. The molecule has 2 aromatic carbocycles. The normalized spacial score (nSPS) is 12.0. The first-order valence-electron chi connectivity index (χ1n) is 8.42. The van der Waals surface area contributed by atoms with Crippen LogP contribution >= 0.6 is 0 Å². The van der Waals surface area contributed by atoms with E-state index in [0.29, 0.717) is 13.0 Å². The van der Waals surface area contributed by atoms with E-state index in [9.17, 15) is 4.79 Å². The summed E-state index contributed by atoms with van der Waals surface area (Å²) in [5, 5.41) is 3.52. The lowest BCUT2D eigenvalue weighted by Crippen LogP contribution is -2.10. The van der Waals surface area contributed by atoms with Crippen LogP contribution in [0, 0.1) is 6.92 Å². The molecule has 0 aromatic heterocycles. The molecule has 2 rings (SSSR count). The molecule has 132 valence electrons. The van der Waals surface area contributed by atoms with Gasteiger partial charge in [-0.3, -0.25) is 0 Å². The lowest BCUT2D eigenvalue weighted by atomic mass is 10.0. The van der Waals surface area contributed by atoms with Crippen LogP contribution in [0.5, 0.6) is 5.75 Å². The summed E-state index contributed by atoms with van der Waals surface area (Å²) in [6.45, 7) is 4.25. The molecule has 4 heteroatoms. The Morgan fingerprint density at radius 3 is 2.60 bits per heavy atom. The minimum absolute atomic E-state index is 0.0546. The summed E-state index contributed by atoms with van der Waals surface area (Å²) < 4.78 is 10.1. The molecule has 0 heterocycles. The van der Waals surface area contributed by atoms with Crippen LogP contribution in [0.3, 0.4) is 0 Å². The van der Waals surface area contributed by atoms with Gasteiger partial charge < -0.3 is 14.8 Å². The van der Waals surface area contributed by atoms with E-state index in [1.165, 1.54) is 17.2 Å². The van der Waals surface area contributed by atoms with Crippen LogP contribution in [-0.4, -0.2) is 19.7 Å². The van der Waals surface area contributed by atoms with E-state index in [1.807, 2.05) is 36.4 Å². The SMILES string of the molecule is CCOC(=O)/C=C/C[C@H](Nc1ccc(OC)cc1)c1cccc(C)c1. The number of aryl methyl sites for hydroxylation is 1. The Labute approximate surface area is 149 Å². The van der Waals surface area contributed by atoms with Crippen LogP contribution in [0.1, 0.15) is 30.5 Å². The highest BCUT2D eigenvalue weighted by Gasteiger charge is 2.11. The molecule has 2 aromatic rings. The molecular weight excluding hydrogens is 314 g/mol. The van der Waals surface area contributed by atoms with Gasteiger partial charge in [-0.25, -0.2) is 4.79 Å². The number of esters is 1. The molecule has 0 fully saturated rings. The maximum absolute atomic E-state index is 11.5. The maximum atomic E-state index is 11.5. The van der Waals surface area contributed by atoms with Crippen molar-refractivity contribution in [1.29, 1.82) is 0 Å². The highest BCUT2D eigenvalue weighted by atomic mass is 16.5. The van der Waals surface area contributed by atoms with Gasteiger partial charge in [0.2, 0.25) is 0 Å². The summed E-state index contributed by atoms with van der Waals surface area (Å²) in [5.41, 5.74) is 3.37. The van der Waals surface area contributed by atoms with Gasteiger partial charge in [0.05, 0.1) is 19.8 Å². The molecule has 0 spiro atoms. The van der Waals surface area contributed by atoms with Gasteiger partial charge in [0.1, 0.15) is 5.75 Å². The molecule has 1 atom stereocenters. The Balaban J connectivity index is 2.14. The molecule has 1 N–H and O–H groups in total. The zero-order valence-corrected chi connectivity index (χ0v) is 15.0. The minimum Gasteiger partial charge on any atom is -0.497 e. The molecule has 0 aliphatic heterocycles. The largest absolute Gasteiger partial charge is 0.497 e. The first-order chi connectivity index (χ1) is 12.1. The van der Waals surface area contributed by atoms with Gasteiger partial charge in [0.25, 0.3) is 0 Å². The monoisotopic (exact) mass is 339 g/mol. The van der Waals surface area contributed by atoms with Gasteiger partial charge in [0.15, 0.2) is 0 Å². The molecule has 0 saturated heterocycles. The van der Waals surface area contributed by atoms with Crippen molar-refractivity contribution in [3.05, 3.63) is 71.8 Å². The number of ether oxygens (including phenoxy) is 2. The molecule has 4 nitrogen and oxygen atoms in total. The number of nitrogens with one attached hydrogen (secondary N) is 1. The average Bonchev–Trinajstić information content (AvgIpc) is 2.61. The second-order valence-corrected chi connectivity index (χ2v) is 5.73. The van der Waals surface area contributed by atoms with Gasteiger partial charge in [0, 0.05) is 11.8 Å². The first-order valence-corrected chi connectivity index (χ1v) is 8.42. The van der Waals surface area contributed by atoms with Crippen LogP contribution in [0.4, 0.5) is 5.69 Å². The molecular formula is C21H25NO3. The molecule has 0 aliphatic rings. The summed E-state index contributed by atoms with van der Waals surface area (Å²) >= 11 is 0. The van der Waals surface area contributed by atoms with E-state index in [2.05, 4.69) is 30.4 Å². The van der Waals surface area contributed by atoms with Crippen molar-refractivity contribution in [2.45, 2.75) is 26.3 Å². The summed E-state index contributed by atoms with van der Waals surface area (Å²) in [6, 6.07) is 16.2. The third kappa shape index (κ3) is 5.99. The second-order valence-electron chi connectivity index (χ2n) is 5.73. The van der Waals surface area contributed by atoms with Crippen LogP contribution < -0.4 is 10.1 Å². The molecule has 0 amide bonds. The third-order valence-electron chi connectivity index (χ3n) is 3.79. The number of carbonyl (C=O) groups is 1. The van der Waals surface area contributed by atoms with Gasteiger partial charge in [-0.15, -0.1) is 0 Å². The van der Waals surface area contributed by atoms with Crippen molar-refractivity contribution in [3.63, 3.8) is 0 Å². The molecule has 0 aliphatic carbocycles. The lowest BCUT2D eigenvalue weighted by molar-refractivity contribution is -0.137. The zero-order valence-electron chi connectivity index (χ0n) is 15.0. The van der Waals surface area contributed by atoms with E-state index < -0.39 is 0 Å². The molecule has 0 radical (unpaired) electrons. The topological polar surface area (TPSA) is 47.6 Å². The van der Waals surface area contributed by atoms with Gasteiger partial charge in [-0.05, 0) is 50.1 Å². The van der Waals surface area contributed by atoms with Crippen LogP contribution in [0.15, 0.2) is 60.7 Å². The Morgan fingerprint density at radius 2 is 1.96 bits per heavy atom. The van der Waals surface area contributed by atoms with Crippen molar-refractivity contribution >= 4 is 11.7 Å². The van der Waals surface area contributed by atoms with Crippen molar-refractivity contribution in [1.82, 2.24) is 0 Å². The predicted octanol–water partition coefficient (Wildman–Crippen LogP) is 4.67. The van der Waals surface area contributed by atoms with E-state index >= 15 is 0 Å². The summed E-state index contributed by atoms with van der Waals surface area (Å²) in [4.78, 5) is 11.5. The van der Waals surface area contributed by atoms with Crippen molar-refractivity contribution in [2.75, 3.05) is 19.0 Å². The fraction of sp³-hybridized carbons (Fsp3) is 0.286. The first kappa shape index (κ1) is 18.6. The fourth-order valence-corrected chi connectivity index (χ4v) is 2.54. The average molecular weight is 339 g/mol. The summed E-state index contributed by atoms with van der Waals surface area (Å²) in [5.74, 6) is 0.509. The van der Waals surface area contributed by atoms with Crippen molar-refractivity contribution < 1.29 is 14.3 Å². The predicted molar refractivity (Wildman–Crippen MR) is 101 cm³/mol. The molecule has 0 saturated carbocycles. The number of rotatable bonds is 8. The highest BCUT2D eigenvalue weighted by Crippen LogP contribution is 2.25. The summed E-state index contributed by atoms with van der Waals surface area (Å²) in [7, 11) is 1.65. The maximum Gasteiger partial charge on any atom is 0.330 e. The number of anilines is 1. The summed E-state index contributed by atoms with van der Waals surface area (Å²) in [6.07, 6.45) is 4.01. The van der Waals surface area contributed by atoms with Crippen molar-refractivity contribution in [2.24, 2.45) is 0 Å². The van der Waals surface area contributed by atoms with Crippen molar-refractivity contribution in [3.8, 4) is 5.75 Å². The smallest absolute Gasteiger partial charge is 0.330 e. The van der Waals surface area contributed by atoms with Gasteiger partial charge in [-0.1, -0.05) is 35.9 Å². The Bertz CT molecular complexity index is 707. The zero-order chi connectivity index (χ0) is 18.1. The standard InChI is InChI=1S/C21H25NO3/c1-4-25-21(23)10-6-9-20(17-8-5-7-16(2)15-17)22-18-11-13-19(24-3)14-12-18/h5-8,10-15,20,22H,4,9H2,1-3H3/b10-6+/t20-/m0/s1. The molecule has 0 unspecified atom stereocenters. The highest BCUT2D eigenvalue weighted by molar-refractivity contribution is 5.81. The van der Waals surface area contributed by atoms with Crippen LogP contribution in [0.25, 0.3) is 0 Å². The van der Waals surface area contributed by atoms with Gasteiger partial charge >= 0.3 is 5.97 Å². The number of carbonyl (C=O) groups excluding carboxylic acids is 1. The Hall–Kier alpha value is -2.75. The number of hydrogen-bond donors (Lipinski definition) is 1. The second kappa shape index (κ2) is 9.52. The number of methoxy groups -OCH3 is 1. The van der Waals surface area contributed by atoms with E-state index in [1.54, 1.807) is 14.0 Å². The van der Waals surface area contributed by atoms with Crippen LogP contribution in [0.2, 0.25) is 0 Å². The minimum atomic E-state index is -0.310. The van der Waals surface area contributed by atoms with E-state index in [0.717, 1.165) is 11.4 Å². The van der Waals surface area contributed by atoms with Crippen LogP contribution in [-0.2, 0) is 9.53 Å². The number of hydrogen-bond acceptors (Lipinski definition) is 4. The quantitative estimate of drug-likeness (QED) is 0.561. The van der Waals surface area contributed by atoms with E-state index in [-0.39, 0.29) is 12.0 Å². The Kier molecular flexibility index (Phi) is 7.08. The van der Waals surface area contributed by atoms with Gasteiger partial charge in [-0.2, -0.15) is 0 Å².